The average molecular weight is 1080 g/mol. The van der Waals surface area contributed by atoms with Crippen molar-refractivity contribution in [3.05, 3.63) is 214 Å². The van der Waals surface area contributed by atoms with Crippen LogP contribution in [0.4, 0.5) is 10.1 Å². The number of halogens is 1. The lowest BCUT2D eigenvalue weighted by Crippen LogP contribution is -2.36. The molecule has 1 saturated heterocycles. The predicted octanol–water partition coefficient (Wildman–Crippen LogP) is 17.6. The van der Waals surface area contributed by atoms with E-state index in [4.69, 9.17) is 23.7 Å². The molecule has 2 aliphatic carbocycles. The number of carbonyl (C=O) groups excluding carboxylic acids is 2. The van der Waals surface area contributed by atoms with E-state index >= 15 is 0 Å². The Balaban J connectivity index is 0.818. The van der Waals surface area contributed by atoms with Crippen LogP contribution in [0.1, 0.15) is 151 Å². The van der Waals surface area contributed by atoms with E-state index in [0.717, 1.165) is 85.5 Å². The van der Waals surface area contributed by atoms with Gasteiger partial charge in [-0.3, -0.25) is 0 Å². The molecule has 81 heavy (non-hydrogen) atoms. The highest BCUT2D eigenvalue weighted by molar-refractivity contribution is 6.10. The lowest BCUT2D eigenvalue weighted by Gasteiger charge is -2.39. The zero-order valence-corrected chi connectivity index (χ0v) is 46.9. The van der Waals surface area contributed by atoms with Gasteiger partial charge in [-0.25, -0.2) is 14.0 Å². The smallest absolute Gasteiger partial charge is 0.343 e. The first kappa shape index (κ1) is 53.6. The van der Waals surface area contributed by atoms with Crippen molar-refractivity contribution in [1.82, 2.24) is 0 Å². The molecule has 8 aromatic rings. The van der Waals surface area contributed by atoms with E-state index in [-0.39, 0.29) is 11.6 Å². The molecule has 2 fully saturated rings. The zero-order chi connectivity index (χ0) is 55.7. The molecule has 0 N–H and O–H groups in total. The Hall–Kier alpha value is -8.01. The molecule has 8 aromatic carbocycles. The second kappa shape index (κ2) is 22.9. The number of carbonyl (C=O) groups is 2. The first-order valence-corrected chi connectivity index (χ1v) is 29.3. The molecule has 0 bridgehead atoms. The molecule has 2 heterocycles. The van der Waals surface area contributed by atoms with E-state index in [0.29, 0.717) is 40.7 Å². The number of methoxy groups -OCH3 is 2. The van der Waals surface area contributed by atoms with Crippen LogP contribution in [0.2, 0.25) is 0 Å². The number of anilines is 1. The van der Waals surface area contributed by atoms with Gasteiger partial charge in [-0.05, 0) is 181 Å². The Morgan fingerprint density at radius 3 is 1.95 bits per heavy atom. The number of piperidine rings is 1. The lowest BCUT2D eigenvalue weighted by molar-refractivity contribution is 0.0219. The fourth-order valence-electron chi connectivity index (χ4n) is 13.4. The van der Waals surface area contributed by atoms with Crippen LogP contribution in [0, 0.1) is 11.7 Å². The van der Waals surface area contributed by atoms with Crippen LogP contribution in [-0.2, 0) is 15.9 Å². The number of hydrogen-bond donors (Lipinski definition) is 0. The van der Waals surface area contributed by atoms with Crippen molar-refractivity contribution >= 4 is 34.5 Å². The third-order valence-corrected chi connectivity index (χ3v) is 17.9. The minimum Gasteiger partial charge on any atom is -0.493 e. The molecule has 0 amide bonds. The first-order chi connectivity index (χ1) is 39.6. The molecule has 12 rings (SSSR count). The molecule has 0 radical (unpaired) electrons. The van der Waals surface area contributed by atoms with Crippen molar-refractivity contribution in [1.29, 1.82) is 0 Å². The van der Waals surface area contributed by atoms with E-state index in [1.165, 1.54) is 88.3 Å². The van der Waals surface area contributed by atoms with E-state index in [2.05, 4.69) is 79.4 Å². The number of fused-ring (bicyclic) bond motifs is 8. The van der Waals surface area contributed by atoms with Gasteiger partial charge >= 0.3 is 11.9 Å². The van der Waals surface area contributed by atoms with Gasteiger partial charge in [-0.15, -0.1) is 0 Å². The largest absolute Gasteiger partial charge is 0.493 e. The van der Waals surface area contributed by atoms with Crippen LogP contribution in [0.3, 0.4) is 0 Å². The summed E-state index contributed by atoms with van der Waals surface area (Å²) < 4.78 is 47.2. The number of unbranched alkanes of at least 4 members (excludes halogenated alkanes) is 2. The van der Waals surface area contributed by atoms with Crippen molar-refractivity contribution in [2.45, 2.75) is 108 Å². The normalized spacial score (nSPS) is 20.0. The molecule has 2 aliphatic heterocycles. The van der Waals surface area contributed by atoms with Gasteiger partial charge in [0, 0.05) is 53.5 Å². The number of rotatable bonds is 16. The van der Waals surface area contributed by atoms with E-state index < -0.39 is 23.1 Å². The van der Waals surface area contributed by atoms with Crippen LogP contribution in [0.25, 0.3) is 39.1 Å². The van der Waals surface area contributed by atoms with Crippen LogP contribution in [-0.4, -0.2) is 39.2 Å². The minimum absolute atomic E-state index is 0.242. The Kier molecular flexibility index (Phi) is 15.1. The molecular formula is C72H70FNO7. The second-order valence-corrected chi connectivity index (χ2v) is 22.5. The Bertz CT molecular complexity index is 3610. The lowest BCUT2D eigenvalue weighted by atomic mass is 9.77. The summed E-state index contributed by atoms with van der Waals surface area (Å²) in [4.78, 5) is 30.0. The molecule has 412 valence electrons. The highest BCUT2D eigenvalue weighted by atomic mass is 19.1. The van der Waals surface area contributed by atoms with Gasteiger partial charge in [0.25, 0.3) is 0 Å². The topological polar surface area (TPSA) is 83.5 Å². The van der Waals surface area contributed by atoms with Crippen LogP contribution in [0.5, 0.6) is 23.0 Å². The van der Waals surface area contributed by atoms with Gasteiger partial charge in [0.1, 0.15) is 22.9 Å². The maximum atomic E-state index is 14.8. The average Bonchev–Trinajstić information content (AvgIpc) is 4.10. The van der Waals surface area contributed by atoms with Crippen molar-refractivity contribution in [2.24, 2.45) is 5.92 Å². The first-order valence-electron chi connectivity index (χ1n) is 29.3. The molecule has 9 heteroatoms. The Labute approximate surface area is 475 Å². The standard InChI is InChI=1S/C72H70FNO7/c1-5-7-9-14-47-17-19-48(20-18-47)49-21-25-52(26-22-49)69(75)79-58-39-29-51(30-40-58)50-23-27-53(28-24-50)70(76)80-65-45-61-62(46-64(65)77-3)68-60(67-66(61)59-15-10-11-16-63(59)71(67,6-2)78-4)41-42-72(81-68,54-31-35-56(73)36-32-54)55-33-37-57(38-34-55)74-43-12-8-13-44-74/h10-11,15-16,21-42,45-48H,5-9,12-14,17-20,43-44H2,1-4H3/t47-,48-,71?,72?. The van der Waals surface area contributed by atoms with Gasteiger partial charge < -0.3 is 28.6 Å². The Morgan fingerprint density at radius 2 is 1.30 bits per heavy atom. The van der Waals surface area contributed by atoms with Gasteiger partial charge in [-0.1, -0.05) is 131 Å². The number of benzene rings is 8. The van der Waals surface area contributed by atoms with Gasteiger partial charge in [0.05, 0.1) is 18.2 Å². The molecule has 1 saturated carbocycles. The summed E-state index contributed by atoms with van der Waals surface area (Å²) in [5.41, 5.74) is 9.57. The number of ether oxygens (including phenoxy) is 5. The molecule has 0 spiro atoms. The molecule has 2 atom stereocenters. The summed E-state index contributed by atoms with van der Waals surface area (Å²) in [6.45, 7) is 6.43. The monoisotopic (exact) mass is 1080 g/mol. The fourth-order valence-corrected chi connectivity index (χ4v) is 13.4. The van der Waals surface area contributed by atoms with E-state index in [9.17, 15) is 14.0 Å². The summed E-state index contributed by atoms with van der Waals surface area (Å²) in [5.74, 6) is 1.75. The van der Waals surface area contributed by atoms with E-state index in [1.54, 1.807) is 50.6 Å². The summed E-state index contributed by atoms with van der Waals surface area (Å²) in [6, 6.07) is 49.8. The summed E-state index contributed by atoms with van der Waals surface area (Å²) >= 11 is 0. The van der Waals surface area contributed by atoms with Crippen LogP contribution >= 0.6 is 0 Å². The molecular weight excluding hydrogens is 1010 g/mol. The van der Waals surface area contributed by atoms with Crippen LogP contribution < -0.4 is 23.8 Å². The maximum absolute atomic E-state index is 14.8. The molecule has 2 unspecified atom stereocenters. The number of esters is 2. The minimum atomic E-state index is -1.16. The van der Waals surface area contributed by atoms with Crippen molar-refractivity contribution < 1.29 is 37.7 Å². The number of hydrogen-bond acceptors (Lipinski definition) is 8. The third kappa shape index (κ3) is 10.1. The SMILES string of the molecule is CCCCC[C@H]1CC[C@H](c2ccc(C(=O)Oc3ccc(-c4ccc(C(=O)Oc5cc6c7c(c8c(c6cc5OC)OC(c5ccc(F)cc5)(c5ccc(N6CCCCC6)cc5)C=C8)C(CC)(OC)c5ccccc5-7)cc4)cc3)cc2)CC1. The van der Waals surface area contributed by atoms with Gasteiger partial charge in [-0.2, -0.15) is 0 Å². The second-order valence-electron chi connectivity index (χ2n) is 22.5. The van der Waals surface area contributed by atoms with Crippen molar-refractivity contribution in [3.63, 3.8) is 0 Å². The highest BCUT2D eigenvalue weighted by Crippen LogP contribution is 2.60. The fraction of sp³-hybridized carbons (Fsp3) is 0.306. The number of nitrogens with zero attached hydrogens (tertiary/aromatic N) is 1. The van der Waals surface area contributed by atoms with Crippen molar-refractivity contribution in [3.8, 4) is 45.3 Å². The third-order valence-electron chi connectivity index (χ3n) is 17.9. The summed E-state index contributed by atoms with van der Waals surface area (Å²) in [6.07, 6.45) is 18.7. The summed E-state index contributed by atoms with van der Waals surface area (Å²) in [7, 11) is 3.32. The molecule has 0 aromatic heterocycles. The quantitative estimate of drug-likeness (QED) is 0.0538. The van der Waals surface area contributed by atoms with E-state index in [1.807, 2.05) is 60.7 Å². The van der Waals surface area contributed by atoms with Crippen LogP contribution in [0.15, 0.2) is 164 Å². The van der Waals surface area contributed by atoms with Gasteiger partial charge in [0.15, 0.2) is 17.1 Å². The summed E-state index contributed by atoms with van der Waals surface area (Å²) in [5, 5.41) is 1.54. The zero-order valence-electron chi connectivity index (χ0n) is 46.9. The molecule has 4 aliphatic rings. The maximum Gasteiger partial charge on any atom is 0.343 e. The molecule has 8 nitrogen and oxygen atoms in total. The highest BCUT2D eigenvalue weighted by Gasteiger charge is 2.48. The predicted molar refractivity (Wildman–Crippen MR) is 320 cm³/mol. The van der Waals surface area contributed by atoms with Crippen molar-refractivity contribution in [2.75, 3.05) is 32.2 Å². The Morgan fingerprint density at radius 1 is 0.667 bits per heavy atom. The van der Waals surface area contributed by atoms with Gasteiger partial charge in [0.2, 0.25) is 0 Å².